The number of fused-ring (bicyclic) bond motifs is 1. The van der Waals surface area contributed by atoms with Crippen LogP contribution in [-0.4, -0.2) is 36.1 Å². The van der Waals surface area contributed by atoms with Crippen molar-refractivity contribution in [2.24, 2.45) is 0 Å². The van der Waals surface area contributed by atoms with E-state index in [9.17, 15) is 4.79 Å². The second-order valence-electron chi connectivity index (χ2n) is 10.0. The van der Waals surface area contributed by atoms with Gasteiger partial charge in [0, 0.05) is 30.4 Å². The van der Waals surface area contributed by atoms with Crippen molar-refractivity contribution in [1.29, 1.82) is 0 Å². The lowest BCUT2D eigenvalue weighted by Gasteiger charge is -2.19. The summed E-state index contributed by atoms with van der Waals surface area (Å²) in [5, 5.41) is 6.34. The average Bonchev–Trinajstić information content (AvgIpc) is 3.50. The SMILES string of the molecule is CC(C)(C)c1ccc(-c2nc(NCCCc3ccccc3)n3[nH]c(=O)c(Cc4cnc[nH]4)c3n2)cc1. The summed E-state index contributed by atoms with van der Waals surface area (Å²) >= 11 is 0. The first-order valence-electron chi connectivity index (χ1n) is 12.3. The molecule has 36 heavy (non-hydrogen) atoms. The molecule has 0 bridgehead atoms. The Morgan fingerprint density at radius 1 is 1.00 bits per heavy atom. The van der Waals surface area contributed by atoms with Crippen molar-refractivity contribution in [3.8, 4) is 11.4 Å². The molecule has 0 atom stereocenters. The summed E-state index contributed by atoms with van der Waals surface area (Å²) in [6, 6.07) is 18.7. The number of anilines is 1. The third-order valence-corrected chi connectivity index (χ3v) is 6.30. The zero-order chi connectivity index (χ0) is 25.1. The van der Waals surface area contributed by atoms with Crippen molar-refractivity contribution in [2.75, 3.05) is 11.9 Å². The molecule has 3 heterocycles. The molecule has 184 valence electrons. The van der Waals surface area contributed by atoms with Crippen LogP contribution in [0.3, 0.4) is 0 Å². The normalized spacial score (nSPS) is 11.8. The number of H-pyrrole nitrogens is 2. The van der Waals surface area contributed by atoms with E-state index in [1.54, 1.807) is 17.0 Å². The first-order chi connectivity index (χ1) is 17.4. The summed E-state index contributed by atoms with van der Waals surface area (Å²) in [5.41, 5.74) is 5.28. The van der Waals surface area contributed by atoms with Gasteiger partial charge in [0.25, 0.3) is 5.56 Å². The Bertz CT molecular complexity index is 1490. The highest BCUT2D eigenvalue weighted by Gasteiger charge is 2.19. The number of aryl methyl sites for hydroxylation is 1. The van der Waals surface area contributed by atoms with Crippen molar-refractivity contribution in [3.05, 3.63) is 99.9 Å². The second kappa shape index (κ2) is 9.81. The van der Waals surface area contributed by atoms with Crippen LogP contribution in [0.2, 0.25) is 0 Å². The van der Waals surface area contributed by atoms with Gasteiger partial charge in [0.05, 0.1) is 11.9 Å². The van der Waals surface area contributed by atoms with E-state index in [-0.39, 0.29) is 11.0 Å². The van der Waals surface area contributed by atoms with Gasteiger partial charge in [-0.05, 0) is 29.4 Å². The summed E-state index contributed by atoms with van der Waals surface area (Å²) in [6.45, 7) is 7.28. The maximum atomic E-state index is 12.9. The quantitative estimate of drug-likeness (QED) is 0.278. The van der Waals surface area contributed by atoms with Crippen molar-refractivity contribution in [3.63, 3.8) is 0 Å². The molecule has 0 unspecified atom stereocenters. The molecule has 0 saturated heterocycles. The van der Waals surface area contributed by atoms with E-state index in [0.29, 0.717) is 35.9 Å². The summed E-state index contributed by atoms with van der Waals surface area (Å²) in [6.07, 6.45) is 5.62. The fourth-order valence-corrected chi connectivity index (χ4v) is 4.24. The van der Waals surface area contributed by atoms with Gasteiger partial charge in [0.1, 0.15) is 0 Å². The molecule has 3 aromatic heterocycles. The van der Waals surface area contributed by atoms with Crippen LogP contribution in [0, 0.1) is 0 Å². The van der Waals surface area contributed by atoms with Crippen LogP contribution in [-0.2, 0) is 18.3 Å². The molecule has 0 spiro atoms. The summed E-state index contributed by atoms with van der Waals surface area (Å²) in [7, 11) is 0. The van der Waals surface area contributed by atoms with Gasteiger partial charge in [-0.25, -0.2) is 14.5 Å². The maximum absolute atomic E-state index is 12.9. The second-order valence-corrected chi connectivity index (χ2v) is 10.0. The fraction of sp³-hybridized carbons (Fsp3) is 0.286. The Morgan fingerprint density at radius 3 is 2.47 bits per heavy atom. The van der Waals surface area contributed by atoms with Crippen LogP contribution < -0.4 is 10.9 Å². The molecule has 3 N–H and O–H groups in total. The minimum atomic E-state index is -0.188. The van der Waals surface area contributed by atoms with Crippen LogP contribution in [0.25, 0.3) is 17.0 Å². The van der Waals surface area contributed by atoms with E-state index in [0.717, 1.165) is 24.1 Å². The molecule has 0 radical (unpaired) electrons. The number of nitrogens with zero attached hydrogens (tertiary/aromatic N) is 4. The topological polar surface area (TPSA) is 104 Å². The van der Waals surface area contributed by atoms with Gasteiger partial charge >= 0.3 is 0 Å². The highest BCUT2D eigenvalue weighted by Crippen LogP contribution is 2.26. The van der Waals surface area contributed by atoms with E-state index in [2.05, 4.69) is 77.6 Å². The first kappa shape index (κ1) is 23.5. The zero-order valence-corrected chi connectivity index (χ0v) is 20.9. The number of hydrogen-bond acceptors (Lipinski definition) is 5. The molecule has 5 aromatic rings. The molecular formula is C28H31N7O. The largest absolute Gasteiger partial charge is 0.354 e. The van der Waals surface area contributed by atoms with Gasteiger partial charge in [-0.3, -0.25) is 9.89 Å². The number of aromatic amines is 2. The Labute approximate surface area is 209 Å². The van der Waals surface area contributed by atoms with E-state index >= 15 is 0 Å². The van der Waals surface area contributed by atoms with Crippen molar-refractivity contribution < 1.29 is 0 Å². The standard InChI is InChI=1S/C28H31N7O/c1-28(2,3)21-13-11-20(12-14-21)24-32-25-23(16-22-17-29-18-31-22)26(36)34-35(25)27(33-24)30-15-7-10-19-8-5-4-6-9-19/h4-6,8-9,11-14,17-18H,7,10,15-16H2,1-3H3,(H,29,31)(H,34,36)(H,30,32,33). The molecule has 0 saturated carbocycles. The van der Waals surface area contributed by atoms with Gasteiger partial charge in [-0.1, -0.05) is 75.4 Å². The molecule has 0 aliphatic carbocycles. The minimum Gasteiger partial charge on any atom is -0.354 e. The van der Waals surface area contributed by atoms with E-state index < -0.39 is 0 Å². The van der Waals surface area contributed by atoms with Gasteiger partial charge in [0.15, 0.2) is 11.5 Å². The molecule has 8 heteroatoms. The third kappa shape index (κ3) is 5.07. The number of rotatable bonds is 8. The van der Waals surface area contributed by atoms with Gasteiger partial charge < -0.3 is 10.3 Å². The molecule has 0 aliphatic rings. The van der Waals surface area contributed by atoms with E-state index in [1.807, 2.05) is 18.2 Å². The minimum absolute atomic E-state index is 0.0556. The molecular weight excluding hydrogens is 450 g/mol. The number of hydrogen-bond donors (Lipinski definition) is 3. The number of benzene rings is 2. The Kier molecular flexibility index (Phi) is 6.41. The summed E-state index contributed by atoms with van der Waals surface area (Å²) < 4.78 is 1.66. The Balaban J connectivity index is 1.49. The van der Waals surface area contributed by atoms with Crippen LogP contribution in [0.15, 0.2) is 71.9 Å². The lowest BCUT2D eigenvalue weighted by molar-refractivity contribution is 0.590. The number of imidazole rings is 1. The van der Waals surface area contributed by atoms with E-state index in [4.69, 9.17) is 9.97 Å². The predicted molar refractivity (Wildman–Crippen MR) is 142 cm³/mol. The summed E-state index contributed by atoms with van der Waals surface area (Å²) in [5.74, 6) is 1.14. The maximum Gasteiger partial charge on any atom is 0.270 e. The Morgan fingerprint density at radius 2 is 1.78 bits per heavy atom. The molecule has 2 aromatic carbocycles. The van der Waals surface area contributed by atoms with Crippen molar-refractivity contribution in [2.45, 2.75) is 45.4 Å². The lowest BCUT2D eigenvalue weighted by Crippen LogP contribution is -2.13. The smallest absolute Gasteiger partial charge is 0.270 e. The fourth-order valence-electron chi connectivity index (χ4n) is 4.24. The monoisotopic (exact) mass is 481 g/mol. The van der Waals surface area contributed by atoms with E-state index in [1.165, 1.54) is 11.1 Å². The molecule has 0 amide bonds. The predicted octanol–water partition coefficient (Wildman–Crippen LogP) is 4.74. The lowest BCUT2D eigenvalue weighted by atomic mass is 9.87. The van der Waals surface area contributed by atoms with Gasteiger partial charge in [-0.15, -0.1) is 0 Å². The first-order valence-corrected chi connectivity index (χ1v) is 12.3. The van der Waals surface area contributed by atoms with Gasteiger partial charge in [0.2, 0.25) is 5.95 Å². The summed E-state index contributed by atoms with van der Waals surface area (Å²) in [4.78, 5) is 29.7. The third-order valence-electron chi connectivity index (χ3n) is 6.30. The highest BCUT2D eigenvalue weighted by atomic mass is 16.1. The van der Waals surface area contributed by atoms with Crippen LogP contribution >= 0.6 is 0 Å². The van der Waals surface area contributed by atoms with Crippen molar-refractivity contribution >= 4 is 11.6 Å². The molecule has 8 nitrogen and oxygen atoms in total. The number of aromatic nitrogens is 6. The van der Waals surface area contributed by atoms with Crippen LogP contribution in [0.5, 0.6) is 0 Å². The van der Waals surface area contributed by atoms with Crippen LogP contribution in [0.1, 0.15) is 49.6 Å². The average molecular weight is 482 g/mol. The molecule has 5 rings (SSSR count). The van der Waals surface area contributed by atoms with Gasteiger partial charge in [-0.2, -0.15) is 4.98 Å². The molecule has 0 fully saturated rings. The number of nitrogens with one attached hydrogen (secondary N) is 3. The Hall–Kier alpha value is -4.20. The van der Waals surface area contributed by atoms with Crippen LogP contribution in [0.4, 0.5) is 5.95 Å². The van der Waals surface area contributed by atoms with Crippen molar-refractivity contribution in [1.82, 2.24) is 29.5 Å². The highest BCUT2D eigenvalue weighted by molar-refractivity contribution is 5.63. The molecule has 0 aliphatic heterocycles. The zero-order valence-electron chi connectivity index (χ0n) is 20.9.